The van der Waals surface area contributed by atoms with Crippen LogP contribution < -0.4 is 9.46 Å². The first-order chi connectivity index (χ1) is 14.2. The molecule has 0 bridgehead atoms. The topological polar surface area (TPSA) is 136 Å². The Kier molecular flexibility index (Phi) is 5.78. The SMILES string of the molecule is COc1ccc(/C=C/C(=O)O)cc1S(=O)(=O)Nc1cc(-n2nnnc2C)ccc1F. The third kappa shape index (κ3) is 4.43. The molecule has 0 atom stereocenters. The second-order valence-corrected chi connectivity index (χ2v) is 7.64. The fourth-order valence-electron chi connectivity index (χ4n) is 2.57. The molecule has 156 valence electrons. The van der Waals surface area contributed by atoms with Crippen molar-refractivity contribution in [2.24, 2.45) is 0 Å². The predicted molar refractivity (Wildman–Crippen MR) is 104 cm³/mol. The summed E-state index contributed by atoms with van der Waals surface area (Å²) in [6.07, 6.45) is 2.09. The molecule has 0 aliphatic heterocycles. The molecule has 0 fully saturated rings. The molecule has 2 aromatic carbocycles. The number of ether oxygens (including phenoxy) is 1. The van der Waals surface area contributed by atoms with Crippen LogP contribution in [-0.2, 0) is 14.8 Å². The van der Waals surface area contributed by atoms with Crippen LogP contribution in [0.25, 0.3) is 11.8 Å². The molecule has 1 aromatic heterocycles. The maximum atomic E-state index is 14.3. The number of nitrogens with one attached hydrogen (secondary N) is 1. The van der Waals surface area contributed by atoms with E-state index in [1.54, 1.807) is 6.92 Å². The third-order valence-corrected chi connectivity index (χ3v) is 5.35. The largest absolute Gasteiger partial charge is 0.495 e. The van der Waals surface area contributed by atoms with E-state index in [4.69, 9.17) is 9.84 Å². The van der Waals surface area contributed by atoms with Gasteiger partial charge in [-0.25, -0.2) is 17.6 Å². The van der Waals surface area contributed by atoms with Gasteiger partial charge in [-0.3, -0.25) is 4.72 Å². The lowest BCUT2D eigenvalue weighted by molar-refractivity contribution is -0.131. The summed E-state index contributed by atoms with van der Waals surface area (Å²) < 4.78 is 48.8. The first kappa shape index (κ1) is 20.9. The number of benzene rings is 2. The smallest absolute Gasteiger partial charge is 0.328 e. The van der Waals surface area contributed by atoms with Gasteiger partial charge in [-0.1, -0.05) is 6.07 Å². The zero-order valence-corrected chi connectivity index (χ0v) is 16.6. The quantitative estimate of drug-likeness (QED) is 0.540. The Morgan fingerprint density at radius 2 is 2.03 bits per heavy atom. The molecule has 0 aliphatic rings. The van der Waals surface area contributed by atoms with E-state index in [9.17, 15) is 17.6 Å². The summed E-state index contributed by atoms with van der Waals surface area (Å²) >= 11 is 0. The van der Waals surface area contributed by atoms with Crippen molar-refractivity contribution in [3.8, 4) is 11.4 Å². The summed E-state index contributed by atoms with van der Waals surface area (Å²) in [7, 11) is -3.01. The van der Waals surface area contributed by atoms with Gasteiger partial charge < -0.3 is 9.84 Å². The number of carboxylic acid groups (broad SMARTS) is 1. The second-order valence-electron chi connectivity index (χ2n) is 5.99. The van der Waals surface area contributed by atoms with E-state index in [0.717, 1.165) is 12.1 Å². The van der Waals surface area contributed by atoms with Gasteiger partial charge in [0.2, 0.25) is 0 Å². The average molecular weight is 433 g/mol. The molecule has 10 nitrogen and oxygen atoms in total. The number of hydrogen-bond donors (Lipinski definition) is 2. The number of carbonyl (C=O) groups is 1. The molecule has 0 amide bonds. The highest BCUT2D eigenvalue weighted by molar-refractivity contribution is 7.92. The van der Waals surface area contributed by atoms with Crippen molar-refractivity contribution >= 4 is 27.8 Å². The molecule has 2 N–H and O–H groups in total. The second kappa shape index (κ2) is 8.29. The van der Waals surface area contributed by atoms with Crippen LogP contribution in [0.3, 0.4) is 0 Å². The molecular weight excluding hydrogens is 417 g/mol. The van der Waals surface area contributed by atoms with Gasteiger partial charge >= 0.3 is 5.97 Å². The first-order valence-electron chi connectivity index (χ1n) is 8.38. The predicted octanol–water partition coefficient (Wildman–Crippen LogP) is 2.02. The number of halogens is 1. The van der Waals surface area contributed by atoms with Crippen LogP contribution in [0.5, 0.6) is 5.75 Å². The highest BCUT2D eigenvalue weighted by atomic mass is 32.2. The molecule has 0 aliphatic carbocycles. The van der Waals surface area contributed by atoms with Gasteiger partial charge in [0.25, 0.3) is 10.0 Å². The Morgan fingerprint density at radius 3 is 2.67 bits per heavy atom. The Balaban J connectivity index is 2.02. The molecule has 30 heavy (non-hydrogen) atoms. The fraction of sp³-hybridized carbons (Fsp3) is 0.111. The van der Waals surface area contributed by atoms with Crippen LogP contribution in [0.2, 0.25) is 0 Å². The van der Waals surface area contributed by atoms with Crippen LogP contribution >= 0.6 is 0 Å². The van der Waals surface area contributed by atoms with Gasteiger partial charge in [-0.05, 0) is 59.3 Å². The summed E-state index contributed by atoms with van der Waals surface area (Å²) in [5.41, 5.74) is 0.328. The van der Waals surface area contributed by atoms with Crippen molar-refractivity contribution < 1.29 is 27.4 Å². The van der Waals surface area contributed by atoms with Crippen molar-refractivity contribution in [3.05, 3.63) is 59.7 Å². The van der Waals surface area contributed by atoms with Crippen LogP contribution in [0.15, 0.2) is 47.4 Å². The molecule has 0 saturated heterocycles. The standard InChI is InChI=1S/C18H16FN5O5S/c1-11-20-22-23-24(11)13-5-6-14(19)15(10-13)21-30(27,28)17-9-12(4-8-18(25)26)3-7-16(17)29-2/h3-10,21H,1-2H3,(H,25,26)/b8-4+. The number of tetrazole rings is 1. The number of aromatic nitrogens is 4. The number of carboxylic acids is 1. The monoisotopic (exact) mass is 433 g/mol. The molecule has 1 heterocycles. The Hall–Kier alpha value is -3.80. The average Bonchev–Trinajstić information content (AvgIpc) is 3.13. The highest BCUT2D eigenvalue weighted by Crippen LogP contribution is 2.29. The molecule has 3 rings (SSSR count). The molecule has 0 unspecified atom stereocenters. The molecule has 3 aromatic rings. The van der Waals surface area contributed by atoms with E-state index < -0.39 is 21.8 Å². The van der Waals surface area contributed by atoms with Crippen molar-refractivity contribution in [1.82, 2.24) is 20.2 Å². The lowest BCUT2D eigenvalue weighted by Crippen LogP contribution is -2.15. The zero-order valence-electron chi connectivity index (χ0n) is 15.8. The normalized spacial score (nSPS) is 11.6. The minimum absolute atomic E-state index is 0.00265. The highest BCUT2D eigenvalue weighted by Gasteiger charge is 2.22. The number of aryl methyl sites for hydroxylation is 1. The van der Waals surface area contributed by atoms with E-state index in [2.05, 4.69) is 20.2 Å². The summed E-state index contributed by atoms with van der Waals surface area (Å²) in [5, 5.41) is 19.8. The Bertz CT molecular complexity index is 1240. The molecule has 0 spiro atoms. The number of methoxy groups -OCH3 is 1. The van der Waals surface area contributed by atoms with Gasteiger partial charge in [0, 0.05) is 6.08 Å². The van der Waals surface area contributed by atoms with Gasteiger partial charge in [0.15, 0.2) is 5.82 Å². The Morgan fingerprint density at radius 1 is 1.27 bits per heavy atom. The maximum absolute atomic E-state index is 14.3. The molecule has 0 saturated carbocycles. The maximum Gasteiger partial charge on any atom is 0.328 e. The lowest BCUT2D eigenvalue weighted by atomic mass is 10.2. The van der Waals surface area contributed by atoms with Crippen molar-refractivity contribution in [1.29, 1.82) is 0 Å². The van der Waals surface area contributed by atoms with Crippen LogP contribution in [0.4, 0.5) is 10.1 Å². The number of hydrogen-bond acceptors (Lipinski definition) is 7. The van der Waals surface area contributed by atoms with Crippen molar-refractivity contribution in [2.45, 2.75) is 11.8 Å². The van der Waals surface area contributed by atoms with Crippen molar-refractivity contribution in [2.75, 3.05) is 11.8 Å². The van der Waals surface area contributed by atoms with Gasteiger partial charge in [-0.15, -0.1) is 5.10 Å². The van der Waals surface area contributed by atoms with E-state index in [1.807, 2.05) is 0 Å². The fourth-order valence-corrected chi connectivity index (χ4v) is 3.83. The van der Waals surface area contributed by atoms with Crippen molar-refractivity contribution in [3.63, 3.8) is 0 Å². The number of rotatable bonds is 7. The Labute approximate surface area is 170 Å². The molecule has 12 heteroatoms. The summed E-state index contributed by atoms with van der Waals surface area (Å²) in [6.45, 7) is 1.63. The summed E-state index contributed by atoms with van der Waals surface area (Å²) in [6, 6.07) is 7.79. The first-order valence-corrected chi connectivity index (χ1v) is 9.86. The van der Waals surface area contributed by atoms with E-state index in [-0.39, 0.29) is 16.3 Å². The summed E-state index contributed by atoms with van der Waals surface area (Å²) in [4.78, 5) is 10.4. The lowest BCUT2D eigenvalue weighted by Gasteiger charge is -2.14. The van der Waals surface area contributed by atoms with E-state index in [1.165, 1.54) is 48.2 Å². The van der Waals surface area contributed by atoms with E-state index in [0.29, 0.717) is 17.1 Å². The van der Waals surface area contributed by atoms with Crippen LogP contribution in [0.1, 0.15) is 11.4 Å². The number of aliphatic carboxylic acids is 1. The van der Waals surface area contributed by atoms with Gasteiger partial charge in [0.05, 0.1) is 18.5 Å². The molecule has 0 radical (unpaired) electrons. The van der Waals surface area contributed by atoms with Crippen LogP contribution in [0, 0.1) is 12.7 Å². The number of sulfonamides is 1. The van der Waals surface area contributed by atoms with Crippen LogP contribution in [-0.4, -0.2) is 46.8 Å². The summed E-state index contributed by atoms with van der Waals surface area (Å²) in [5.74, 6) is -1.57. The van der Waals surface area contributed by atoms with E-state index >= 15 is 0 Å². The van der Waals surface area contributed by atoms with Gasteiger partial charge in [0.1, 0.15) is 16.5 Å². The minimum atomic E-state index is -4.29. The van der Waals surface area contributed by atoms with Gasteiger partial charge in [-0.2, -0.15) is 4.68 Å². The number of nitrogens with zero attached hydrogens (tertiary/aromatic N) is 4. The third-order valence-electron chi connectivity index (χ3n) is 3.96. The zero-order chi connectivity index (χ0) is 21.9. The molecular formula is C18H16FN5O5S. The minimum Gasteiger partial charge on any atom is -0.495 e. The number of anilines is 1.